The van der Waals surface area contributed by atoms with Crippen LogP contribution in [0.15, 0.2) is 60.8 Å². The molecule has 0 fully saturated rings. The van der Waals surface area contributed by atoms with Gasteiger partial charge in [-0.3, -0.25) is 10.1 Å². The number of cyclic esters (lactones) is 1. The molecule has 1 atom stereocenters. The summed E-state index contributed by atoms with van der Waals surface area (Å²) in [6.45, 7) is 0. The van der Waals surface area contributed by atoms with Gasteiger partial charge in [0.25, 0.3) is 0 Å². The van der Waals surface area contributed by atoms with E-state index in [1.807, 2.05) is 0 Å². The van der Waals surface area contributed by atoms with E-state index in [0.717, 1.165) is 0 Å². The zero-order valence-electron chi connectivity index (χ0n) is 15.9. The van der Waals surface area contributed by atoms with E-state index in [4.69, 9.17) is 4.74 Å². The second-order valence-electron chi connectivity index (χ2n) is 6.99. The summed E-state index contributed by atoms with van der Waals surface area (Å²) in [5.74, 6) is -2.27. The Morgan fingerprint density at radius 3 is 2.65 bits per heavy atom. The monoisotopic (exact) mass is 420 g/mol. The van der Waals surface area contributed by atoms with Crippen molar-refractivity contribution in [3.8, 4) is 11.1 Å². The van der Waals surface area contributed by atoms with Crippen LogP contribution >= 0.6 is 0 Å². The van der Waals surface area contributed by atoms with Gasteiger partial charge in [0, 0.05) is 17.3 Å². The number of aromatic nitrogens is 3. The number of rotatable bonds is 4. The number of carbonyl (C=O) groups is 2. The van der Waals surface area contributed by atoms with E-state index in [9.17, 15) is 18.4 Å². The predicted molar refractivity (Wildman–Crippen MR) is 106 cm³/mol. The third kappa shape index (κ3) is 3.39. The van der Waals surface area contributed by atoms with Crippen LogP contribution in [0.2, 0.25) is 0 Å². The van der Waals surface area contributed by atoms with Crippen molar-refractivity contribution in [1.82, 2.24) is 14.6 Å². The summed E-state index contributed by atoms with van der Waals surface area (Å²) < 4.78 is 34.7. The highest BCUT2D eigenvalue weighted by molar-refractivity contribution is 5.96. The third-order valence-corrected chi connectivity index (χ3v) is 4.98. The van der Waals surface area contributed by atoms with Gasteiger partial charge in [-0.15, -0.1) is 5.10 Å². The van der Waals surface area contributed by atoms with E-state index in [1.54, 1.807) is 30.3 Å². The predicted octanol–water partition coefficient (Wildman–Crippen LogP) is 3.91. The first-order valence-electron chi connectivity index (χ1n) is 9.40. The second kappa shape index (κ2) is 7.28. The third-order valence-electron chi connectivity index (χ3n) is 4.98. The number of nitrogens with zero attached hydrogens (tertiary/aromatic N) is 3. The lowest BCUT2D eigenvalue weighted by molar-refractivity contribution is -0.118. The number of benzene rings is 2. The van der Waals surface area contributed by atoms with Gasteiger partial charge in [0.15, 0.2) is 5.65 Å². The molecule has 1 N–H and O–H groups in total. The number of ether oxygens (including phenoxy) is 1. The minimum absolute atomic E-state index is 0.0220. The minimum atomic E-state index is -0.695. The van der Waals surface area contributed by atoms with Crippen molar-refractivity contribution in [3.05, 3.63) is 83.6 Å². The molecular formula is C22H14F2N4O3. The van der Waals surface area contributed by atoms with Crippen molar-refractivity contribution in [1.29, 1.82) is 0 Å². The zero-order valence-corrected chi connectivity index (χ0v) is 15.9. The summed E-state index contributed by atoms with van der Waals surface area (Å²) in [6.07, 6.45) is 0.648. The molecule has 9 heteroatoms. The summed E-state index contributed by atoms with van der Waals surface area (Å²) in [6, 6.07) is 13.6. The van der Waals surface area contributed by atoms with E-state index in [-0.39, 0.29) is 23.5 Å². The first kappa shape index (κ1) is 18.9. The number of carbonyl (C=O) groups excluding carboxylic acids is 2. The SMILES string of the molecule is O=C(C[C@H]1OC(=O)c2ccccc21)Nc1nc2ccc(-c3c(F)cccc3F)cn2n1. The molecule has 0 bridgehead atoms. The molecule has 0 radical (unpaired) electrons. The Balaban J connectivity index is 1.36. The summed E-state index contributed by atoms with van der Waals surface area (Å²) in [4.78, 5) is 28.5. The Bertz CT molecular complexity index is 1330. The van der Waals surface area contributed by atoms with E-state index in [0.29, 0.717) is 16.8 Å². The van der Waals surface area contributed by atoms with Gasteiger partial charge in [-0.2, -0.15) is 4.98 Å². The molecule has 0 saturated heterocycles. The number of halogens is 2. The van der Waals surface area contributed by atoms with E-state index in [2.05, 4.69) is 15.4 Å². The molecule has 2 aromatic heterocycles. The average molecular weight is 420 g/mol. The number of anilines is 1. The molecule has 5 rings (SSSR count). The summed E-state index contributed by atoms with van der Waals surface area (Å²) in [7, 11) is 0. The molecule has 1 aliphatic rings. The van der Waals surface area contributed by atoms with Crippen molar-refractivity contribution in [3.63, 3.8) is 0 Å². The Kier molecular flexibility index (Phi) is 4.43. The van der Waals surface area contributed by atoms with Crippen LogP contribution in [-0.2, 0) is 9.53 Å². The Hall–Kier alpha value is -4.14. The van der Waals surface area contributed by atoms with Crippen LogP contribution in [0.25, 0.3) is 16.8 Å². The van der Waals surface area contributed by atoms with Crippen LogP contribution in [0.3, 0.4) is 0 Å². The van der Waals surface area contributed by atoms with Gasteiger partial charge in [0.2, 0.25) is 11.9 Å². The fourth-order valence-corrected chi connectivity index (χ4v) is 3.57. The van der Waals surface area contributed by atoms with Crippen LogP contribution in [0.5, 0.6) is 0 Å². The van der Waals surface area contributed by atoms with E-state index >= 15 is 0 Å². The van der Waals surface area contributed by atoms with Crippen molar-refractivity contribution >= 4 is 23.5 Å². The highest BCUT2D eigenvalue weighted by Gasteiger charge is 2.32. The first-order chi connectivity index (χ1) is 15.0. The largest absolute Gasteiger partial charge is 0.453 e. The Morgan fingerprint density at radius 1 is 1.06 bits per heavy atom. The average Bonchev–Trinajstić information content (AvgIpc) is 3.28. The molecule has 31 heavy (non-hydrogen) atoms. The van der Waals surface area contributed by atoms with Crippen LogP contribution in [0.4, 0.5) is 14.7 Å². The van der Waals surface area contributed by atoms with Crippen LogP contribution in [-0.4, -0.2) is 26.5 Å². The summed E-state index contributed by atoms with van der Waals surface area (Å²) in [5.41, 5.74) is 1.59. The van der Waals surface area contributed by atoms with E-state index < -0.39 is 29.6 Å². The lowest BCUT2D eigenvalue weighted by Gasteiger charge is -2.09. The smallest absolute Gasteiger partial charge is 0.339 e. The van der Waals surface area contributed by atoms with Crippen molar-refractivity contribution in [2.24, 2.45) is 0 Å². The fraction of sp³-hybridized carbons (Fsp3) is 0.0909. The van der Waals surface area contributed by atoms with Gasteiger partial charge < -0.3 is 4.74 Å². The number of esters is 1. The standard InChI is InChI=1S/C22H14F2N4O3/c23-15-6-3-7-16(24)20(15)12-8-9-18-25-22(27-28(18)11-12)26-19(29)10-17-13-4-1-2-5-14(13)21(30)31-17/h1-9,11,17H,10H2,(H,26,27,29)/t17-/m1/s1. The van der Waals surface area contributed by atoms with Gasteiger partial charge in [0.1, 0.15) is 17.7 Å². The van der Waals surface area contributed by atoms with Crippen molar-refractivity contribution < 1.29 is 23.1 Å². The molecule has 154 valence electrons. The molecule has 0 saturated carbocycles. The molecule has 2 aromatic carbocycles. The lowest BCUT2D eigenvalue weighted by Crippen LogP contribution is -2.16. The molecule has 3 heterocycles. The van der Waals surface area contributed by atoms with Crippen LogP contribution in [0, 0.1) is 11.6 Å². The Labute approximate surface area is 174 Å². The highest BCUT2D eigenvalue weighted by Crippen LogP contribution is 2.33. The van der Waals surface area contributed by atoms with Gasteiger partial charge in [0.05, 0.1) is 17.5 Å². The molecule has 4 aromatic rings. The number of nitrogens with one attached hydrogen (secondary N) is 1. The van der Waals surface area contributed by atoms with E-state index in [1.165, 1.54) is 35.0 Å². The summed E-state index contributed by atoms with van der Waals surface area (Å²) in [5, 5.41) is 6.72. The molecule has 7 nitrogen and oxygen atoms in total. The lowest BCUT2D eigenvalue weighted by atomic mass is 10.0. The molecule has 1 aliphatic heterocycles. The number of hydrogen-bond acceptors (Lipinski definition) is 5. The van der Waals surface area contributed by atoms with Crippen molar-refractivity contribution in [2.75, 3.05) is 5.32 Å². The normalized spacial score (nSPS) is 15.0. The quantitative estimate of drug-likeness (QED) is 0.506. The maximum atomic E-state index is 14.1. The maximum Gasteiger partial charge on any atom is 0.339 e. The molecule has 1 amide bonds. The van der Waals surface area contributed by atoms with Crippen molar-refractivity contribution in [2.45, 2.75) is 12.5 Å². The number of hydrogen-bond donors (Lipinski definition) is 1. The highest BCUT2D eigenvalue weighted by atomic mass is 19.1. The topological polar surface area (TPSA) is 85.6 Å². The maximum absolute atomic E-state index is 14.1. The number of pyridine rings is 1. The van der Waals surface area contributed by atoms with Gasteiger partial charge in [-0.05, 0) is 30.3 Å². The molecule has 0 aliphatic carbocycles. The fourth-order valence-electron chi connectivity index (χ4n) is 3.57. The number of amides is 1. The van der Waals surface area contributed by atoms with Crippen LogP contribution < -0.4 is 5.32 Å². The molecular weight excluding hydrogens is 406 g/mol. The van der Waals surface area contributed by atoms with Crippen LogP contribution in [0.1, 0.15) is 28.4 Å². The molecule has 0 unspecified atom stereocenters. The minimum Gasteiger partial charge on any atom is -0.453 e. The van der Waals surface area contributed by atoms with Gasteiger partial charge in [-0.25, -0.2) is 18.1 Å². The second-order valence-corrected chi connectivity index (χ2v) is 6.99. The first-order valence-corrected chi connectivity index (χ1v) is 9.40. The zero-order chi connectivity index (χ0) is 21.5. The molecule has 0 spiro atoms. The number of fused-ring (bicyclic) bond motifs is 2. The van der Waals surface area contributed by atoms with Gasteiger partial charge in [-0.1, -0.05) is 24.3 Å². The Morgan fingerprint density at radius 2 is 1.84 bits per heavy atom. The van der Waals surface area contributed by atoms with Gasteiger partial charge >= 0.3 is 5.97 Å². The summed E-state index contributed by atoms with van der Waals surface area (Å²) >= 11 is 0.